The van der Waals surface area contributed by atoms with Crippen molar-refractivity contribution in [3.63, 3.8) is 0 Å². The van der Waals surface area contributed by atoms with Gasteiger partial charge in [-0.15, -0.1) is 0 Å². The van der Waals surface area contributed by atoms with Gasteiger partial charge in [0.15, 0.2) is 0 Å². The summed E-state index contributed by atoms with van der Waals surface area (Å²) >= 11 is 11.1. The van der Waals surface area contributed by atoms with E-state index in [0.29, 0.717) is 16.3 Å². The van der Waals surface area contributed by atoms with E-state index in [1.54, 1.807) is 0 Å². The van der Waals surface area contributed by atoms with E-state index in [0.717, 1.165) is 68.7 Å². The lowest BCUT2D eigenvalue weighted by Gasteiger charge is -2.33. The fourth-order valence-electron chi connectivity index (χ4n) is 4.51. The highest BCUT2D eigenvalue weighted by Gasteiger charge is 2.32. The molecule has 4 nitrogen and oxygen atoms in total. The topological polar surface area (TPSA) is 42.5 Å². The van der Waals surface area contributed by atoms with E-state index in [-0.39, 0.29) is 5.92 Å². The Labute approximate surface area is 223 Å². The molecule has 35 heavy (non-hydrogen) atoms. The summed E-state index contributed by atoms with van der Waals surface area (Å²) in [5.41, 5.74) is 4.71. The van der Waals surface area contributed by atoms with E-state index in [2.05, 4.69) is 70.0 Å². The van der Waals surface area contributed by atoms with E-state index < -0.39 is 0 Å². The number of aryl methyl sites for hydroxylation is 1. The molecule has 0 spiro atoms. The van der Waals surface area contributed by atoms with Gasteiger partial charge >= 0.3 is 0 Å². The zero-order chi connectivity index (χ0) is 25.8. The standard InChI is InChI=1S/C29H44N2O2S2/c1-7-10-11-12-22-18-25(32-28(34)30-15-8-2)27(26(19-22)33-29(35)31-16-9-3)24-17-21(6)13-14-23(24)20(4)5/h17-19,23-24H,4,7-16H2,1-3,5-6H3,(H,30,34)(H,31,35)/t23-,24+/m0/s1. The van der Waals surface area contributed by atoms with Crippen LogP contribution >= 0.6 is 24.4 Å². The highest BCUT2D eigenvalue weighted by atomic mass is 32.1. The number of hydrogen-bond donors (Lipinski definition) is 2. The van der Waals surface area contributed by atoms with Crippen LogP contribution in [0.1, 0.15) is 96.6 Å². The van der Waals surface area contributed by atoms with E-state index in [9.17, 15) is 0 Å². The fraction of sp³-hybridized carbons (Fsp3) is 0.586. The fourth-order valence-corrected chi connectivity index (χ4v) is 4.89. The van der Waals surface area contributed by atoms with Gasteiger partial charge in [-0.05, 0) is 100 Å². The summed E-state index contributed by atoms with van der Waals surface area (Å²) < 4.78 is 12.7. The third-order valence-electron chi connectivity index (χ3n) is 6.39. The second kappa shape index (κ2) is 15.2. The minimum Gasteiger partial charge on any atom is -0.431 e. The van der Waals surface area contributed by atoms with E-state index in [1.165, 1.54) is 29.6 Å². The number of ether oxygens (including phenoxy) is 2. The van der Waals surface area contributed by atoms with Crippen molar-refractivity contribution < 1.29 is 9.47 Å². The zero-order valence-corrected chi connectivity index (χ0v) is 23.9. The van der Waals surface area contributed by atoms with Gasteiger partial charge in [0, 0.05) is 24.6 Å². The lowest BCUT2D eigenvalue weighted by molar-refractivity contribution is 0.441. The first-order valence-corrected chi connectivity index (χ1v) is 14.0. The van der Waals surface area contributed by atoms with Gasteiger partial charge in [-0.1, -0.05) is 57.4 Å². The average Bonchev–Trinajstić information content (AvgIpc) is 2.81. The molecule has 0 amide bonds. The van der Waals surface area contributed by atoms with Gasteiger partial charge in [-0.2, -0.15) is 0 Å². The summed E-state index contributed by atoms with van der Waals surface area (Å²) in [4.78, 5) is 0. The number of thiocarbonyl (C=S) groups is 2. The van der Waals surface area contributed by atoms with Crippen molar-refractivity contribution in [2.24, 2.45) is 5.92 Å². The SMILES string of the molecule is C=C(C)[C@@H]1CCC(C)=C[C@H]1c1c(OC(=S)NCCC)cc(CCCCC)cc1OC(=S)NCCC. The molecule has 0 radical (unpaired) electrons. The predicted octanol–water partition coefficient (Wildman–Crippen LogP) is 7.76. The zero-order valence-electron chi connectivity index (χ0n) is 22.3. The van der Waals surface area contributed by atoms with Crippen LogP contribution in [-0.2, 0) is 6.42 Å². The molecule has 1 aliphatic carbocycles. The lowest BCUT2D eigenvalue weighted by atomic mass is 9.73. The summed E-state index contributed by atoms with van der Waals surface area (Å²) in [7, 11) is 0. The van der Waals surface area contributed by atoms with Crippen LogP contribution in [0.4, 0.5) is 0 Å². The Morgan fingerprint density at radius 1 is 0.971 bits per heavy atom. The first kappa shape index (κ1) is 29.3. The molecular formula is C29H44N2O2S2. The van der Waals surface area contributed by atoms with E-state index >= 15 is 0 Å². The molecular weight excluding hydrogens is 472 g/mol. The normalized spacial score (nSPS) is 17.3. The minimum atomic E-state index is 0.0823. The van der Waals surface area contributed by atoms with Gasteiger partial charge < -0.3 is 20.1 Å². The van der Waals surface area contributed by atoms with Crippen LogP contribution in [0.5, 0.6) is 11.5 Å². The van der Waals surface area contributed by atoms with Crippen molar-refractivity contribution in [1.29, 1.82) is 0 Å². The van der Waals surface area contributed by atoms with Crippen LogP contribution in [0.2, 0.25) is 0 Å². The first-order chi connectivity index (χ1) is 16.8. The van der Waals surface area contributed by atoms with Crippen molar-refractivity contribution >= 4 is 34.8 Å². The largest absolute Gasteiger partial charge is 0.431 e. The molecule has 0 aliphatic heterocycles. The third kappa shape index (κ3) is 9.23. The monoisotopic (exact) mass is 516 g/mol. The van der Waals surface area contributed by atoms with Crippen molar-refractivity contribution in [3.8, 4) is 11.5 Å². The molecule has 0 unspecified atom stereocenters. The van der Waals surface area contributed by atoms with E-state index in [4.69, 9.17) is 33.9 Å². The quantitative estimate of drug-likeness (QED) is 0.168. The van der Waals surface area contributed by atoms with Crippen LogP contribution in [0.25, 0.3) is 0 Å². The Morgan fingerprint density at radius 3 is 2.03 bits per heavy atom. The van der Waals surface area contributed by atoms with Gasteiger partial charge in [0.2, 0.25) is 0 Å². The first-order valence-electron chi connectivity index (χ1n) is 13.2. The van der Waals surface area contributed by atoms with Crippen LogP contribution in [-0.4, -0.2) is 23.4 Å². The Bertz CT molecular complexity index is 867. The molecule has 1 aromatic carbocycles. The van der Waals surface area contributed by atoms with Crippen molar-refractivity contribution in [1.82, 2.24) is 10.6 Å². The molecule has 0 fully saturated rings. The molecule has 2 rings (SSSR count). The average molecular weight is 517 g/mol. The molecule has 0 saturated carbocycles. The maximum Gasteiger partial charge on any atom is 0.262 e. The van der Waals surface area contributed by atoms with E-state index in [1.807, 2.05) is 0 Å². The molecule has 0 aromatic heterocycles. The minimum absolute atomic E-state index is 0.0823. The molecule has 2 N–H and O–H groups in total. The summed E-state index contributed by atoms with van der Waals surface area (Å²) in [6.45, 7) is 16.6. The van der Waals surface area contributed by atoms with Crippen LogP contribution in [0.3, 0.4) is 0 Å². The van der Waals surface area contributed by atoms with Gasteiger partial charge in [0.05, 0.1) is 0 Å². The molecule has 0 saturated heterocycles. The van der Waals surface area contributed by atoms with Crippen molar-refractivity contribution in [3.05, 3.63) is 47.1 Å². The van der Waals surface area contributed by atoms with Gasteiger partial charge in [-0.3, -0.25) is 0 Å². The van der Waals surface area contributed by atoms with Crippen LogP contribution in [0.15, 0.2) is 35.9 Å². The summed E-state index contributed by atoms with van der Waals surface area (Å²) in [6, 6.07) is 4.29. The Kier molecular flexibility index (Phi) is 12.8. The van der Waals surface area contributed by atoms with Gasteiger partial charge in [-0.25, -0.2) is 0 Å². The summed E-state index contributed by atoms with van der Waals surface area (Å²) in [6.07, 6.45) is 10.8. The number of benzene rings is 1. The smallest absolute Gasteiger partial charge is 0.262 e. The molecule has 194 valence electrons. The molecule has 6 heteroatoms. The maximum absolute atomic E-state index is 6.33. The lowest BCUT2D eigenvalue weighted by Crippen LogP contribution is -2.30. The molecule has 1 aliphatic rings. The molecule has 0 bridgehead atoms. The highest BCUT2D eigenvalue weighted by molar-refractivity contribution is 7.80. The third-order valence-corrected chi connectivity index (χ3v) is 6.85. The van der Waals surface area contributed by atoms with Crippen molar-refractivity contribution in [2.45, 2.75) is 91.9 Å². The molecule has 1 aromatic rings. The Morgan fingerprint density at radius 2 is 1.54 bits per heavy atom. The number of hydrogen-bond acceptors (Lipinski definition) is 4. The highest BCUT2D eigenvalue weighted by Crippen LogP contribution is 2.47. The van der Waals surface area contributed by atoms with Crippen LogP contribution < -0.4 is 20.1 Å². The van der Waals surface area contributed by atoms with Gasteiger partial charge in [0.1, 0.15) is 11.5 Å². The number of allylic oxidation sites excluding steroid dienone is 3. The van der Waals surface area contributed by atoms with Gasteiger partial charge in [0.25, 0.3) is 10.3 Å². The maximum atomic E-state index is 6.33. The second-order valence-electron chi connectivity index (χ2n) is 9.63. The molecule has 2 atom stereocenters. The predicted molar refractivity (Wildman–Crippen MR) is 157 cm³/mol. The number of rotatable bonds is 12. The Hall–Kier alpha value is -1.92. The second-order valence-corrected chi connectivity index (χ2v) is 10.4. The van der Waals surface area contributed by atoms with Crippen LogP contribution in [0, 0.1) is 5.92 Å². The number of nitrogens with one attached hydrogen (secondary N) is 2. The summed E-state index contributed by atoms with van der Waals surface area (Å²) in [5.74, 6) is 1.88. The number of unbranched alkanes of at least 4 members (excludes halogenated alkanes) is 2. The summed E-state index contributed by atoms with van der Waals surface area (Å²) in [5, 5.41) is 7.20. The Balaban J connectivity index is 2.62. The van der Waals surface area contributed by atoms with Crippen molar-refractivity contribution in [2.75, 3.05) is 13.1 Å². The molecule has 0 heterocycles.